The highest BCUT2D eigenvalue weighted by Crippen LogP contribution is 2.34. The van der Waals surface area contributed by atoms with Gasteiger partial charge in [-0.1, -0.05) is 47.7 Å². The highest BCUT2D eigenvalue weighted by Gasteiger charge is 2.38. The van der Waals surface area contributed by atoms with E-state index in [1.807, 2.05) is 0 Å². The fourth-order valence-corrected chi connectivity index (χ4v) is 3.34. The molecule has 21 heavy (non-hydrogen) atoms. The molecule has 1 aromatic carbocycles. The van der Waals surface area contributed by atoms with Crippen LogP contribution in [0.2, 0.25) is 5.02 Å². The summed E-state index contributed by atoms with van der Waals surface area (Å²) in [4.78, 5) is 25.7. The molecule has 4 nitrogen and oxygen atoms in total. The average Bonchev–Trinajstić information content (AvgIpc) is 2.74. The molecule has 0 N–H and O–H groups in total. The molecule has 1 atom stereocenters. The molecule has 0 spiro atoms. The Morgan fingerprint density at radius 3 is 2.62 bits per heavy atom. The second-order valence-corrected chi connectivity index (χ2v) is 6.41. The van der Waals surface area contributed by atoms with Crippen molar-refractivity contribution in [2.75, 3.05) is 7.11 Å². The minimum absolute atomic E-state index is 0.294. The number of nitrogens with zero attached hydrogens (tertiary/aromatic N) is 1. The van der Waals surface area contributed by atoms with E-state index in [0.717, 1.165) is 5.56 Å². The van der Waals surface area contributed by atoms with Crippen LogP contribution in [-0.2, 0) is 14.3 Å². The van der Waals surface area contributed by atoms with Crippen LogP contribution in [0.15, 0.2) is 29.2 Å². The molecule has 1 aliphatic rings. The number of thiocarbonyl (C=S) groups is 1. The Balaban J connectivity index is 2.25. The van der Waals surface area contributed by atoms with Crippen molar-refractivity contribution in [1.82, 2.24) is 4.90 Å². The maximum absolute atomic E-state index is 12.4. The molecule has 1 heterocycles. The number of ether oxygens (including phenoxy) is 1. The Labute approximate surface area is 137 Å². The predicted octanol–water partition coefficient (Wildman–Crippen LogP) is 3.10. The Morgan fingerprint density at radius 2 is 2.05 bits per heavy atom. The number of hydrogen-bond acceptors (Lipinski definition) is 5. The predicted molar refractivity (Wildman–Crippen MR) is 87.9 cm³/mol. The van der Waals surface area contributed by atoms with Gasteiger partial charge in [0.15, 0.2) is 0 Å². The molecule has 1 saturated heterocycles. The first-order valence-electron chi connectivity index (χ1n) is 6.04. The lowest BCUT2D eigenvalue weighted by molar-refractivity contribution is -0.147. The van der Waals surface area contributed by atoms with E-state index in [1.165, 1.54) is 23.8 Å². The maximum Gasteiger partial charge on any atom is 0.328 e. The molecule has 1 aliphatic heterocycles. The van der Waals surface area contributed by atoms with Gasteiger partial charge in [-0.25, -0.2) is 4.79 Å². The van der Waals surface area contributed by atoms with Gasteiger partial charge in [-0.05, 0) is 30.7 Å². The monoisotopic (exact) mass is 341 g/mol. The van der Waals surface area contributed by atoms with E-state index < -0.39 is 12.0 Å². The maximum atomic E-state index is 12.4. The van der Waals surface area contributed by atoms with Crippen molar-refractivity contribution >= 4 is 57.9 Å². The summed E-state index contributed by atoms with van der Waals surface area (Å²) in [6.07, 6.45) is 1.72. The van der Waals surface area contributed by atoms with E-state index >= 15 is 0 Å². The van der Waals surface area contributed by atoms with Crippen molar-refractivity contribution < 1.29 is 14.3 Å². The lowest BCUT2D eigenvalue weighted by Crippen LogP contribution is -2.42. The highest BCUT2D eigenvalue weighted by atomic mass is 35.5. The minimum atomic E-state index is -0.737. The molecule has 0 saturated carbocycles. The van der Waals surface area contributed by atoms with Crippen molar-refractivity contribution in [2.24, 2.45) is 0 Å². The van der Waals surface area contributed by atoms with Gasteiger partial charge in [0.1, 0.15) is 10.4 Å². The fourth-order valence-electron chi connectivity index (χ4n) is 1.80. The molecule has 1 fully saturated rings. The van der Waals surface area contributed by atoms with Crippen LogP contribution in [-0.4, -0.2) is 34.2 Å². The first-order chi connectivity index (χ1) is 9.93. The molecule has 0 radical (unpaired) electrons. The number of thioether (sulfide) groups is 1. The Bertz CT molecular complexity index is 628. The molecule has 1 aromatic rings. The second-order valence-electron chi connectivity index (χ2n) is 4.30. The van der Waals surface area contributed by atoms with E-state index in [1.54, 1.807) is 37.3 Å². The summed E-state index contributed by atoms with van der Waals surface area (Å²) in [6, 6.07) is 6.35. The topological polar surface area (TPSA) is 46.6 Å². The molecule has 7 heteroatoms. The number of benzene rings is 1. The molecule has 2 rings (SSSR count). The molecule has 0 aliphatic carbocycles. The highest BCUT2D eigenvalue weighted by molar-refractivity contribution is 8.26. The molecule has 1 amide bonds. The standard InChI is InChI=1S/C14H12ClNO3S2/c1-8(13(18)19-2)16-12(17)11(21-14(16)20)7-9-3-5-10(15)6-4-9/h3-8H,1-2H3/b11-7-/t8-/m1/s1. The average molecular weight is 342 g/mol. The number of carbonyl (C=O) groups excluding carboxylic acids is 2. The molecule has 0 unspecified atom stereocenters. The normalized spacial score (nSPS) is 18.2. The SMILES string of the molecule is COC(=O)[C@@H](C)N1C(=O)/C(=C/c2ccc(Cl)cc2)SC1=S. The van der Waals surface area contributed by atoms with E-state index in [0.29, 0.717) is 14.2 Å². The number of halogens is 1. The number of methoxy groups -OCH3 is 1. The van der Waals surface area contributed by atoms with Gasteiger partial charge in [0, 0.05) is 5.02 Å². The third kappa shape index (κ3) is 3.45. The Hall–Kier alpha value is -1.37. The summed E-state index contributed by atoms with van der Waals surface area (Å²) in [5, 5.41) is 0.624. The third-order valence-electron chi connectivity index (χ3n) is 2.92. The van der Waals surface area contributed by atoms with E-state index in [-0.39, 0.29) is 5.91 Å². The van der Waals surface area contributed by atoms with Crippen LogP contribution in [0.5, 0.6) is 0 Å². The van der Waals surface area contributed by atoms with E-state index in [4.69, 9.17) is 23.8 Å². The molecular weight excluding hydrogens is 330 g/mol. The van der Waals surface area contributed by atoms with Gasteiger partial charge in [0.05, 0.1) is 12.0 Å². The first kappa shape index (κ1) is 16.0. The Kier molecular flexibility index (Phi) is 5.03. The van der Waals surface area contributed by atoms with Gasteiger partial charge in [0.2, 0.25) is 0 Å². The van der Waals surface area contributed by atoms with Crippen molar-refractivity contribution in [1.29, 1.82) is 0 Å². The summed E-state index contributed by atoms with van der Waals surface area (Å²) in [5.74, 6) is -0.795. The van der Waals surface area contributed by atoms with Crippen LogP contribution in [0, 0.1) is 0 Å². The number of amides is 1. The molecular formula is C14H12ClNO3S2. The van der Waals surface area contributed by atoms with Crippen LogP contribution < -0.4 is 0 Å². The second kappa shape index (κ2) is 6.60. The quantitative estimate of drug-likeness (QED) is 0.480. The lowest BCUT2D eigenvalue weighted by atomic mass is 10.2. The van der Waals surface area contributed by atoms with E-state index in [9.17, 15) is 9.59 Å². The zero-order valence-corrected chi connectivity index (χ0v) is 13.7. The molecule has 0 aromatic heterocycles. The van der Waals surface area contributed by atoms with Gasteiger partial charge < -0.3 is 4.74 Å². The first-order valence-corrected chi connectivity index (χ1v) is 7.64. The van der Waals surface area contributed by atoms with Crippen LogP contribution in [0.4, 0.5) is 0 Å². The summed E-state index contributed by atoms with van der Waals surface area (Å²) >= 11 is 12.2. The van der Waals surface area contributed by atoms with Crippen LogP contribution in [0.25, 0.3) is 6.08 Å². The van der Waals surface area contributed by atoms with Gasteiger partial charge in [-0.3, -0.25) is 9.69 Å². The fraction of sp³-hybridized carbons (Fsp3) is 0.214. The van der Waals surface area contributed by atoms with Gasteiger partial charge in [0.25, 0.3) is 5.91 Å². The van der Waals surface area contributed by atoms with Crippen molar-refractivity contribution in [3.8, 4) is 0 Å². The summed E-state index contributed by atoms with van der Waals surface area (Å²) in [5.41, 5.74) is 0.839. The number of esters is 1. The van der Waals surface area contributed by atoms with Crippen molar-refractivity contribution in [3.63, 3.8) is 0 Å². The zero-order chi connectivity index (χ0) is 15.6. The van der Waals surface area contributed by atoms with Gasteiger partial charge in [-0.15, -0.1) is 0 Å². The third-order valence-corrected chi connectivity index (χ3v) is 4.50. The smallest absolute Gasteiger partial charge is 0.328 e. The number of hydrogen-bond donors (Lipinski definition) is 0. The molecule has 0 bridgehead atoms. The largest absolute Gasteiger partial charge is 0.467 e. The Morgan fingerprint density at radius 1 is 1.43 bits per heavy atom. The number of carbonyl (C=O) groups is 2. The van der Waals surface area contributed by atoms with Crippen LogP contribution in [0.1, 0.15) is 12.5 Å². The minimum Gasteiger partial charge on any atom is -0.467 e. The number of rotatable bonds is 3. The van der Waals surface area contributed by atoms with Crippen molar-refractivity contribution in [3.05, 3.63) is 39.8 Å². The lowest BCUT2D eigenvalue weighted by Gasteiger charge is -2.20. The van der Waals surface area contributed by atoms with Crippen LogP contribution >= 0.6 is 35.6 Å². The van der Waals surface area contributed by atoms with Gasteiger partial charge in [-0.2, -0.15) is 0 Å². The van der Waals surface area contributed by atoms with Crippen LogP contribution in [0.3, 0.4) is 0 Å². The molecule has 110 valence electrons. The van der Waals surface area contributed by atoms with Gasteiger partial charge >= 0.3 is 5.97 Å². The summed E-state index contributed by atoms with van der Waals surface area (Å²) in [7, 11) is 1.28. The zero-order valence-electron chi connectivity index (χ0n) is 11.3. The van der Waals surface area contributed by atoms with E-state index in [2.05, 4.69) is 4.74 Å². The summed E-state index contributed by atoms with van der Waals surface area (Å²) in [6.45, 7) is 1.59. The van der Waals surface area contributed by atoms with Crippen molar-refractivity contribution in [2.45, 2.75) is 13.0 Å². The summed E-state index contributed by atoms with van der Waals surface area (Å²) < 4.78 is 5.00.